The highest BCUT2D eigenvalue weighted by molar-refractivity contribution is 4.98. The lowest BCUT2D eigenvalue weighted by molar-refractivity contribution is 0.226. The van der Waals surface area contributed by atoms with Crippen molar-refractivity contribution in [3.05, 3.63) is 0 Å². The van der Waals surface area contributed by atoms with Crippen LogP contribution < -0.4 is 11.1 Å². The van der Waals surface area contributed by atoms with Gasteiger partial charge in [0.05, 0.1) is 0 Å². The Morgan fingerprint density at radius 1 is 1.30 bits per heavy atom. The van der Waals surface area contributed by atoms with Crippen LogP contribution in [0.15, 0.2) is 0 Å². The lowest BCUT2D eigenvalue weighted by Gasteiger charge is -2.40. The van der Waals surface area contributed by atoms with E-state index in [1.165, 1.54) is 0 Å². The maximum Gasteiger partial charge on any atom is 0.0322 e. The second kappa shape index (κ2) is 2.89. The molecule has 0 aromatic carbocycles. The van der Waals surface area contributed by atoms with E-state index >= 15 is 0 Å². The maximum atomic E-state index is 5.97. The average Bonchev–Trinajstić information content (AvgIpc) is 1.84. The minimum atomic E-state index is -0.156. The second-order valence-electron chi connectivity index (χ2n) is 3.66. The third kappa shape index (κ3) is 1.70. The Balaban J connectivity index is 4.33. The Morgan fingerprint density at radius 2 is 1.70 bits per heavy atom. The Hall–Kier alpha value is -0.0800. The van der Waals surface area contributed by atoms with Crippen molar-refractivity contribution in [3.8, 4) is 0 Å². The molecule has 10 heavy (non-hydrogen) atoms. The molecule has 0 amide bonds. The molecule has 0 radical (unpaired) electrons. The van der Waals surface area contributed by atoms with Crippen molar-refractivity contribution in [2.75, 3.05) is 7.05 Å². The zero-order chi connectivity index (χ0) is 8.41. The number of nitrogens with one attached hydrogen (secondary N) is 1. The van der Waals surface area contributed by atoms with Crippen molar-refractivity contribution in [1.82, 2.24) is 5.32 Å². The summed E-state index contributed by atoms with van der Waals surface area (Å²) in [6, 6.07) is 0. The van der Waals surface area contributed by atoms with Crippen LogP contribution in [0.4, 0.5) is 0 Å². The standard InChI is InChI=1S/C8H20N2/c1-6-8(4,10-5)7(2,3)9/h10H,6,9H2,1-5H3. The molecule has 0 saturated carbocycles. The van der Waals surface area contributed by atoms with Crippen molar-refractivity contribution in [1.29, 1.82) is 0 Å². The summed E-state index contributed by atoms with van der Waals surface area (Å²) in [5.41, 5.74) is 5.86. The van der Waals surface area contributed by atoms with E-state index in [-0.39, 0.29) is 11.1 Å². The largest absolute Gasteiger partial charge is 0.324 e. The van der Waals surface area contributed by atoms with Gasteiger partial charge in [0.15, 0.2) is 0 Å². The topological polar surface area (TPSA) is 38.0 Å². The molecular formula is C8H20N2. The monoisotopic (exact) mass is 144 g/mol. The Morgan fingerprint density at radius 3 is 1.70 bits per heavy atom. The summed E-state index contributed by atoms with van der Waals surface area (Å²) in [5.74, 6) is 0. The van der Waals surface area contributed by atoms with Gasteiger partial charge in [-0.05, 0) is 34.2 Å². The van der Waals surface area contributed by atoms with Crippen molar-refractivity contribution in [2.24, 2.45) is 5.73 Å². The predicted octanol–water partition coefficient (Wildman–Crippen LogP) is 1.11. The van der Waals surface area contributed by atoms with Crippen LogP contribution in [0.3, 0.4) is 0 Å². The first-order chi connectivity index (χ1) is 4.37. The highest BCUT2D eigenvalue weighted by Gasteiger charge is 2.34. The van der Waals surface area contributed by atoms with Crippen molar-refractivity contribution >= 4 is 0 Å². The number of hydrogen-bond donors (Lipinski definition) is 2. The fourth-order valence-corrected chi connectivity index (χ4v) is 0.955. The first kappa shape index (κ1) is 9.92. The average molecular weight is 144 g/mol. The van der Waals surface area contributed by atoms with Crippen molar-refractivity contribution < 1.29 is 0 Å². The van der Waals surface area contributed by atoms with Gasteiger partial charge in [-0.2, -0.15) is 0 Å². The number of rotatable bonds is 3. The molecule has 2 nitrogen and oxygen atoms in total. The zero-order valence-corrected chi connectivity index (χ0v) is 7.78. The van der Waals surface area contributed by atoms with Crippen molar-refractivity contribution in [3.63, 3.8) is 0 Å². The lowest BCUT2D eigenvalue weighted by atomic mass is 9.80. The van der Waals surface area contributed by atoms with Crippen LogP contribution in [0, 0.1) is 0 Å². The molecule has 0 bridgehead atoms. The van der Waals surface area contributed by atoms with E-state index in [4.69, 9.17) is 5.73 Å². The molecule has 0 aliphatic heterocycles. The molecule has 0 aromatic heterocycles. The van der Waals surface area contributed by atoms with Gasteiger partial charge in [-0.1, -0.05) is 6.92 Å². The van der Waals surface area contributed by atoms with E-state index in [2.05, 4.69) is 19.2 Å². The van der Waals surface area contributed by atoms with Crippen LogP contribution >= 0.6 is 0 Å². The normalized spacial score (nSPS) is 18.6. The molecule has 0 aromatic rings. The predicted molar refractivity (Wildman–Crippen MR) is 46.0 cm³/mol. The first-order valence-corrected chi connectivity index (χ1v) is 3.85. The van der Waals surface area contributed by atoms with E-state index < -0.39 is 0 Å². The van der Waals surface area contributed by atoms with Crippen LogP contribution in [0.5, 0.6) is 0 Å². The van der Waals surface area contributed by atoms with Gasteiger partial charge in [0.1, 0.15) is 0 Å². The number of hydrogen-bond acceptors (Lipinski definition) is 2. The van der Waals surface area contributed by atoms with E-state index in [1.54, 1.807) is 0 Å². The summed E-state index contributed by atoms with van der Waals surface area (Å²) in [5, 5.41) is 3.24. The summed E-state index contributed by atoms with van der Waals surface area (Å²) in [6.45, 7) is 8.39. The van der Waals surface area contributed by atoms with Gasteiger partial charge in [0, 0.05) is 11.1 Å². The van der Waals surface area contributed by atoms with Crippen LogP contribution in [-0.4, -0.2) is 18.1 Å². The molecule has 0 spiro atoms. The highest BCUT2D eigenvalue weighted by Crippen LogP contribution is 2.21. The van der Waals surface area contributed by atoms with Crippen molar-refractivity contribution in [2.45, 2.75) is 45.2 Å². The third-order valence-corrected chi connectivity index (χ3v) is 2.68. The molecule has 62 valence electrons. The van der Waals surface area contributed by atoms with Crippen LogP contribution in [0.25, 0.3) is 0 Å². The smallest absolute Gasteiger partial charge is 0.0322 e. The molecule has 0 aliphatic carbocycles. The molecule has 3 N–H and O–H groups in total. The quantitative estimate of drug-likeness (QED) is 0.622. The van der Waals surface area contributed by atoms with Gasteiger partial charge >= 0.3 is 0 Å². The molecule has 2 heteroatoms. The SMILES string of the molecule is CCC(C)(NC)C(C)(C)N. The molecule has 1 unspecified atom stereocenters. The fourth-order valence-electron chi connectivity index (χ4n) is 0.955. The molecule has 0 fully saturated rings. The molecule has 0 saturated heterocycles. The van der Waals surface area contributed by atoms with E-state index in [0.29, 0.717) is 0 Å². The van der Waals surface area contributed by atoms with Crippen LogP contribution in [-0.2, 0) is 0 Å². The van der Waals surface area contributed by atoms with Gasteiger partial charge < -0.3 is 11.1 Å². The zero-order valence-electron chi connectivity index (χ0n) is 7.78. The van der Waals surface area contributed by atoms with Gasteiger partial charge in [0.25, 0.3) is 0 Å². The van der Waals surface area contributed by atoms with E-state index in [0.717, 1.165) is 6.42 Å². The molecule has 0 aliphatic rings. The van der Waals surface area contributed by atoms with E-state index in [1.807, 2.05) is 20.9 Å². The van der Waals surface area contributed by atoms with E-state index in [9.17, 15) is 0 Å². The van der Waals surface area contributed by atoms with Gasteiger partial charge in [-0.15, -0.1) is 0 Å². The third-order valence-electron chi connectivity index (χ3n) is 2.68. The Bertz CT molecular complexity index is 98.3. The molecule has 0 heterocycles. The summed E-state index contributed by atoms with van der Waals surface area (Å²) in [6.07, 6.45) is 1.05. The molecule has 1 atom stereocenters. The van der Waals surface area contributed by atoms with Crippen LogP contribution in [0.2, 0.25) is 0 Å². The number of likely N-dealkylation sites (N-methyl/N-ethyl adjacent to an activating group) is 1. The first-order valence-electron chi connectivity index (χ1n) is 3.85. The second-order valence-corrected chi connectivity index (χ2v) is 3.66. The van der Waals surface area contributed by atoms with Gasteiger partial charge in [-0.25, -0.2) is 0 Å². The summed E-state index contributed by atoms with van der Waals surface area (Å²) < 4.78 is 0. The fraction of sp³-hybridized carbons (Fsp3) is 1.00. The molecular weight excluding hydrogens is 124 g/mol. The summed E-state index contributed by atoms with van der Waals surface area (Å²) in [4.78, 5) is 0. The maximum absolute atomic E-state index is 5.97. The lowest BCUT2D eigenvalue weighted by Crippen LogP contribution is -2.61. The molecule has 0 rings (SSSR count). The number of nitrogens with two attached hydrogens (primary N) is 1. The minimum absolute atomic E-state index is 0.0486. The van der Waals surface area contributed by atoms with Gasteiger partial charge in [0.2, 0.25) is 0 Å². The van der Waals surface area contributed by atoms with Crippen LogP contribution in [0.1, 0.15) is 34.1 Å². The Kier molecular flexibility index (Phi) is 2.86. The highest BCUT2D eigenvalue weighted by atomic mass is 15.0. The summed E-state index contributed by atoms with van der Waals surface area (Å²) >= 11 is 0. The Labute approximate surface area is 64.2 Å². The minimum Gasteiger partial charge on any atom is -0.324 e. The summed E-state index contributed by atoms with van der Waals surface area (Å²) in [7, 11) is 1.96. The van der Waals surface area contributed by atoms with Gasteiger partial charge in [-0.3, -0.25) is 0 Å².